The predicted octanol–water partition coefficient (Wildman–Crippen LogP) is 0.642. The van der Waals surface area contributed by atoms with Gasteiger partial charge in [0.05, 0.1) is 7.11 Å². The van der Waals surface area contributed by atoms with Crippen molar-refractivity contribution in [2.75, 3.05) is 31.2 Å². The first-order valence-corrected chi connectivity index (χ1v) is 6.19. The van der Waals surface area contributed by atoms with Crippen LogP contribution in [0.3, 0.4) is 0 Å². The molecule has 0 radical (unpaired) electrons. The molecule has 0 aliphatic rings. The number of methoxy groups -OCH3 is 1. The fraction of sp³-hybridized carbons (Fsp3) is 0.583. The molecule has 7 nitrogen and oxygen atoms in total. The first kappa shape index (κ1) is 15.0. The van der Waals surface area contributed by atoms with Crippen LogP contribution < -0.4 is 21.1 Å². The Labute approximate surface area is 113 Å². The van der Waals surface area contributed by atoms with Crippen LogP contribution in [-0.4, -0.2) is 36.1 Å². The van der Waals surface area contributed by atoms with Gasteiger partial charge in [-0.05, 0) is 5.92 Å². The molecule has 0 unspecified atom stereocenters. The standard InChI is InChI=1S/C12H21N5O2/c1-8(2)6-15-9(18)4-5-14-11-10(13)12(19-3)17-7-16-11/h7-8H,4-6,13H2,1-3H3,(H,15,18)(H,14,16,17). The average Bonchev–Trinajstić information content (AvgIpc) is 2.38. The van der Waals surface area contributed by atoms with Gasteiger partial charge in [0.2, 0.25) is 11.8 Å². The number of anilines is 2. The molecule has 7 heteroatoms. The molecule has 1 aromatic heterocycles. The molecule has 1 aromatic rings. The number of carbonyl (C=O) groups excluding carboxylic acids is 1. The third kappa shape index (κ3) is 4.99. The van der Waals surface area contributed by atoms with E-state index in [1.165, 1.54) is 13.4 Å². The van der Waals surface area contributed by atoms with Crippen LogP contribution in [0.4, 0.5) is 11.5 Å². The topological polar surface area (TPSA) is 102 Å². The van der Waals surface area contributed by atoms with Gasteiger partial charge in [-0.15, -0.1) is 0 Å². The largest absolute Gasteiger partial charge is 0.479 e. The Kier molecular flexibility index (Phi) is 5.84. The minimum atomic E-state index is 0.000734. The van der Waals surface area contributed by atoms with Crippen LogP contribution in [0.5, 0.6) is 5.88 Å². The molecule has 0 bridgehead atoms. The molecule has 0 atom stereocenters. The Morgan fingerprint density at radius 2 is 2.21 bits per heavy atom. The maximum Gasteiger partial charge on any atom is 0.242 e. The third-order valence-electron chi connectivity index (χ3n) is 2.39. The minimum Gasteiger partial charge on any atom is -0.479 e. The monoisotopic (exact) mass is 267 g/mol. The second-order valence-corrected chi connectivity index (χ2v) is 4.52. The zero-order valence-corrected chi connectivity index (χ0v) is 11.6. The summed E-state index contributed by atoms with van der Waals surface area (Å²) in [6, 6.07) is 0. The van der Waals surface area contributed by atoms with Crippen LogP contribution in [0.2, 0.25) is 0 Å². The van der Waals surface area contributed by atoms with Gasteiger partial charge in [-0.3, -0.25) is 4.79 Å². The average molecular weight is 267 g/mol. The zero-order valence-electron chi connectivity index (χ0n) is 11.6. The first-order chi connectivity index (χ1) is 9.04. The molecule has 106 valence electrons. The summed E-state index contributed by atoms with van der Waals surface area (Å²) in [4.78, 5) is 19.4. The molecule has 1 amide bonds. The number of nitrogen functional groups attached to an aromatic ring is 1. The Morgan fingerprint density at radius 1 is 1.47 bits per heavy atom. The smallest absolute Gasteiger partial charge is 0.242 e. The van der Waals surface area contributed by atoms with E-state index in [1.54, 1.807) is 0 Å². The Morgan fingerprint density at radius 3 is 2.84 bits per heavy atom. The van der Waals surface area contributed by atoms with Crippen LogP contribution >= 0.6 is 0 Å². The number of nitrogens with one attached hydrogen (secondary N) is 2. The molecule has 0 aliphatic heterocycles. The normalized spacial score (nSPS) is 10.3. The van der Waals surface area contributed by atoms with Gasteiger partial charge in [0.15, 0.2) is 5.82 Å². The van der Waals surface area contributed by atoms with Crippen LogP contribution in [0.1, 0.15) is 20.3 Å². The van der Waals surface area contributed by atoms with Gasteiger partial charge in [-0.25, -0.2) is 4.98 Å². The fourth-order valence-corrected chi connectivity index (χ4v) is 1.38. The molecular formula is C12H21N5O2. The van der Waals surface area contributed by atoms with Gasteiger partial charge in [0.1, 0.15) is 12.0 Å². The minimum absolute atomic E-state index is 0.000734. The van der Waals surface area contributed by atoms with Crippen molar-refractivity contribution in [3.8, 4) is 5.88 Å². The number of amides is 1. The van der Waals surface area contributed by atoms with Crippen molar-refractivity contribution in [3.05, 3.63) is 6.33 Å². The van der Waals surface area contributed by atoms with E-state index >= 15 is 0 Å². The lowest BCUT2D eigenvalue weighted by atomic mass is 10.2. The van der Waals surface area contributed by atoms with Crippen LogP contribution in [0.15, 0.2) is 6.33 Å². The maximum atomic E-state index is 11.5. The summed E-state index contributed by atoms with van der Waals surface area (Å²) in [7, 11) is 1.49. The number of rotatable bonds is 7. The highest BCUT2D eigenvalue weighted by atomic mass is 16.5. The van der Waals surface area contributed by atoms with E-state index in [2.05, 4.69) is 20.6 Å². The quantitative estimate of drug-likeness (QED) is 0.670. The summed E-state index contributed by atoms with van der Waals surface area (Å²) in [6.45, 7) is 5.23. The van der Waals surface area contributed by atoms with Gasteiger partial charge in [-0.1, -0.05) is 13.8 Å². The van der Waals surface area contributed by atoms with Gasteiger partial charge < -0.3 is 21.1 Å². The summed E-state index contributed by atoms with van der Waals surface area (Å²) in [6.07, 6.45) is 1.72. The van der Waals surface area contributed by atoms with E-state index in [0.29, 0.717) is 42.8 Å². The van der Waals surface area contributed by atoms with Crippen molar-refractivity contribution in [2.24, 2.45) is 5.92 Å². The van der Waals surface area contributed by atoms with Gasteiger partial charge in [-0.2, -0.15) is 4.98 Å². The summed E-state index contributed by atoms with van der Waals surface area (Å²) >= 11 is 0. The van der Waals surface area contributed by atoms with Crippen LogP contribution in [-0.2, 0) is 4.79 Å². The number of nitrogens with zero attached hydrogens (tertiary/aromatic N) is 2. The molecule has 0 saturated heterocycles. The van der Waals surface area contributed by atoms with E-state index in [9.17, 15) is 4.79 Å². The van der Waals surface area contributed by atoms with Crippen molar-refractivity contribution in [3.63, 3.8) is 0 Å². The lowest BCUT2D eigenvalue weighted by Crippen LogP contribution is -2.28. The van der Waals surface area contributed by atoms with Gasteiger partial charge in [0.25, 0.3) is 0 Å². The van der Waals surface area contributed by atoms with Crippen molar-refractivity contribution in [1.82, 2.24) is 15.3 Å². The van der Waals surface area contributed by atoms with Crippen LogP contribution in [0.25, 0.3) is 0 Å². The maximum absolute atomic E-state index is 11.5. The Hall–Kier alpha value is -2.05. The molecule has 19 heavy (non-hydrogen) atoms. The molecule has 1 heterocycles. The summed E-state index contributed by atoms with van der Waals surface area (Å²) in [5.41, 5.74) is 6.14. The second kappa shape index (κ2) is 7.40. The van der Waals surface area contributed by atoms with Crippen molar-refractivity contribution in [1.29, 1.82) is 0 Å². The lowest BCUT2D eigenvalue weighted by Gasteiger charge is -2.10. The highest BCUT2D eigenvalue weighted by molar-refractivity contribution is 5.76. The summed E-state index contributed by atoms with van der Waals surface area (Å²) in [5, 5.41) is 5.83. The number of hydrogen-bond donors (Lipinski definition) is 3. The van der Waals surface area contributed by atoms with Gasteiger partial charge in [0, 0.05) is 19.5 Å². The van der Waals surface area contributed by atoms with E-state index < -0.39 is 0 Å². The van der Waals surface area contributed by atoms with E-state index in [4.69, 9.17) is 10.5 Å². The lowest BCUT2D eigenvalue weighted by molar-refractivity contribution is -0.120. The SMILES string of the molecule is COc1ncnc(NCCC(=O)NCC(C)C)c1N. The molecule has 0 saturated carbocycles. The molecule has 0 fully saturated rings. The summed E-state index contributed by atoms with van der Waals surface area (Å²) in [5.74, 6) is 1.24. The van der Waals surface area contributed by atoms with Crippen LogP contribution in [0, 0.1) is 5.92 Å². The Balaban J connectivity index is 2.39. The number of nitrogens with two attached hydrogens (primary N) is 1. The number of ether oxygens (including phenoxy) is 1. The van der Waals surface area contributed by atoms with Crippen molar-refractivity contribution in [2.45, 2.75) is 20.3 Å². The summed E-state index contributed by atoms with van der Waals surface area (Å²) < 4.78 is 4.98. The van der Waals surface area contributed by atoms with Gasteiger partial charge >= 0.3 is 0 Å². The molecule has 0 aromatic carbocycles. The predicted molar refractivity (Wildman–Crippen MR) is 74.0 cm³/mol. The number of aromatic nitrogens is 2. The molecule has 1 rings (SSSR count). The second-order valence-electron chi connectivity index (χ2n) is 4.52. The van der Waals surface area contributed by atoms with E-state index in [1.807, 2.05) is 13.8 Å². The molecule has 4 N–H and O–H groups in total. The zero-order chi connectivity index (χ0) is 14.3. The highest BCUT2D eigenvalue weighted by Gasteiger charge is 2.08. The van der Waals surface area contributed by atoms with Crippen molar-refractivity contribution >= 4 is 17.4 Å². The van der Waals surface area contributed by atoms with E-state index in [-0.39, 0.29) is 5.91 Å². The first-order valence-electron chi connectivity index (χ1n) is 6.19. The van der Waals surface area contributed by atoms with Crippen molar-refractivity contribution < 1.29 is 9.53 Å². The Bertz CT molecular complexity index is 423. The third-order valence-corrected chi connectivity index (χ3v) is 2.39. The molecule has 0 spiro atoms. The number of carbonyl (C=O) groups is 1. The highest BCUT2D eigenvalue weighted by Crippen LogP contribution is 2.23. The fourth-order valence-electron chi connectivity index (χ4n) is 1.38. The molecular weight excluding hydrogens is 246 g/mol. The molecule has 0 aliphatic carbocycles. The van der Waals surface area contributed by atoms with E-state index in [0.717, 1.165) is 0 Å². The number of hydrogen-bond acceptors (Lipinski definition) is 6.